The van der Waals surface area contributed by atoms with Crippen molar-refractivity contribution in [2.75, 3.05) is 31.7 Å². The molecule has 0 bridgehead atoms. The normalized spacial score (nSPS) is 18.1. The summed E-state index contributed by atoms with van der Waals surface area (Å²) in [5, 5.41) is 4.70. The minimum atomic E-state index is -0.756. The van der Waals surface area contributed by atoms with Gasteiger partial charge in [0.1, 0.15) is 6.61 Å². The number of rotatable bonds is 8. The number of amides is 2. The highest BCUT2D eigenvalue weighted by Gasteiger charge is 2.32. The van der Waals surface area contributed by atoms with Crippen molar-refractivity contribution in [2.45, 2.75) is 27.1 Å². The van der Waals surface area contributed by atoms with Gasteiger partial charge in [-0.3, -0.25) is 19.2 Å². The number of esters is 1. The largest absolute Gasteiger partial charge is 0.464 e. The minimum Gasteiger partial charge on any atom is -0.464 e. The Morgan fingerprint density at radius 3 is 2.15 bits per heavy atom. The van der Waals surface area contributed by atoms with Crippen molar-refractivity contribution < 1.29 is 33.4 Å². The predicted octanol–water partition coefficient (Wildman–Crippen LogP) is 3.76. The topological polar surface area (TPSA) is 120 Å². The van der Waals surface area contributed by atoms with Gasteiger partial charge in [-0.1, -0.05) is 13.8 Å². The summed E-state index contributed by atoms with van der Waals surface area (Å²) in [7, 11) is 0. The zero-order chi connectivity index (χ0) is 24.9. The summed E-state index contributed by atoms with van der Waals surface area (Å²) in [6.07, 6.45) is -0.365. The molecule has 1 heterocycles. The molecule has 0 saturated carbocycles. The average molecular weight is 819 g/mol. The maximum Gasteiger partial charge on any atom is 0.302 e. The van der Waals surface area contributed by atoms with Gasteiger partial charge in [-0.25, -0.2) is 0 Å². The Balaban J connectivity index is 2.30. The van der Waals surface area contributed by atoms with E-state index >= 15 is 0 Å². The summed E-state index contributed by atoms with van der Waals surface area (Å²) >= 11 is 11.6. The summed E-state index contributed by atoms with van der Waals surface area (Å²) in [5.41, 5.74) is 0.617. The summed E-state index contributed by atoms with van der Waals surface area (Å²) in [6.45, 7) is 5.66. The molecule has 0 aliphatic carbocycles. The van der Waals surface area contributed by atoms with Gasteiger partial charge in [0.15, 0.2) is 6.29 Å². The zero-order valence-corrected chi connectivity index (χ0v) is 25.2. The van der Waals surface area contributed by atoms with Crippen LogP contribution < -0.4 is 10.6 Å². The highest BCUT2D eigenvalue weighted by Crippen LogP contribution is 2.37. The third-order valence-corrected chi connectivity index (χ3v) is 7.95. The van der Waals surface area contributed by atoms with Crippen LogP contribution in [0.3, 0.4) is 0 Å². The first-order chi connectivity index (χ1) is 15.5. The SMILES string of the molecule is CC(=O)OCCNC(=O)c1c(I)c(NC(=O)C2COC(C(C)C)OC2)c(I)c(C(=O)Cl)c1I. The van der Waals surface area contributed by atoms with Gasteiger partial charge >= 0.3 is 5.97 Å². The average Bonchev–Trinajstić information content (AvgIpc) is 2.73. The molecule has 1 aliphatic rings. The molecule has 9 nitrogen and oxygen atoms in total. The molecule has 1 saturated heterocycles. The number of carbonyl (C=O) groups excluding carboxylic acids is 4. The van der Waals surface area contributed by atoms with Crippen molar-refractivity contribution in [1.29, 1.82) is 0 Å². The van der Waals surface area contributed by atoms with E-state index in [-0.39, 0.29) is 55.6 Å². The second-order valence-electron chi connectivity index (χ2n) is 7.40. The Morgan fingerprint density at radius 2 is 1.64 bits per heavy atom. The highest BCUT2D eigenvalue weighted by molar-refractivity contribution is 14.1. The number of halogens is 4. The molecule has 0 unspecified atom stereocenters. The molecule has 0 radical (unpaired) electrons. The molecule has 13 heteroatoms. The molecule has 182 valence electrons. The van der Waals surface area contributed by atoms with E-state index < -0.39 is 23.0 Å². The number of carbonyl (C=O) groups is 4. The van der Waals surface area contributed by atoms with Crippen molar-refractivity contribution in [2.24, 2.45) is 11.8 Å². The quantitative estimate of drug-likeness (QED) is 0.178. The monoisotopic (exact) mass is 818 g/mol. The molecule has 1 fully saturated rings. The third-order valence-electron chi connectivity index (χ3n) is 4.52. The number of hydrogen-bond donors (Lipinski definition) is 2. The van der Waals surface area contributed by atoms with Crippen LogP contribution in [0.1, 0.15) is 41.5 Å². The molecule has 1 aromatic rings. The van der Waals surface area contributed by atoms with Crippen LogP contribution in [0.2, 0.25) is 0 Å². The minimum absolute atomic E-state index is 0.00252. The van der Waals surface area contributed by atoms with Crippen LogP contribution in [0, 0.1) is 22.5 Å². The van der Waals surface area contributed by atoms with E-state index in [1.165, 1.54) is 6.92 Å². The first kappa shape index (κ1) is 28.9. The summed E-state index contributed by atoms with van der Waals surface area (Å²) in [5.74, 6) is -1.71. The smallest absolute Gasteiger partial charge is 0.302 e. The van der Waals surface area contributed by atoms with Gasteiger partial charge in [-0.15, -0.1) is 0 Å². The van der Waals surface area contributed by atoms with Crippen molar-refractivity contribution >= 4 is 108 Å². The fourth-order valence-electron chi connectivity index (χ4n) is 2.87. The van der Waals surface area contributed by atoms with Gasteiger partial charge in [0.2, 0.25) is 5.91 Å². The molecule has 0 atom stereocenters. The molecule has 2 N–H and O–H groups in total. The van der Waals surface area contributed by atoms with Gasteiger partial charge in [0.05, 0.1) is 49.6 Å². The van der Waals surface area contributed by atoms with Crippen molar-refractivity contribution in [3.8, 4) is 0 Å². The number of nitrogens with one attached hydrogen (secondary N) is 2. The molecule has 33 heavy (non-hydrogen) atoms. The van der Waals surface area contributed by atoms with Gasteiger partial charge in [0, 0.05) is 16.4 Å². The van der Waals surface area contributed by atoms with Crippen LogP contribution in [-0.4, -0.2) is 55.7 Å². The summed E-state index contributed by atoms with van der Waals surface area (Å²) < 4.78 is 17.3. The molecule has 1 aromatic carbocycles. The highest BCUT2D eigenvalue weighted by atomic mass is 127. The molecular formula is C20H22ClI3N2O7. The van der Waals surface area contributed by atoms with E-state index in [4.69, 9.17) is 25.8 Å². The van der Waals surface area contributed by atoms with Crippen LogP contribution in [0.4, 0.5) is 5.69 Å². The van der Waals surface area contributed by atoms with Crippen molar-refractivity contribution in [3.63, 3.8) is 0 Å². The maximum absolute atomic E-state index is 12.9. The first-order valence-electron chi connectivity index (χ1n) is 9.81. The van der Waals surface area contributed by atoms with E-state index in [0.29, 0.717) is 16.4 Å². The van der Waals surface area contributed by atoms with E-state index in [1.807, 2.05) is 81.6 Å². The standard InChI is InChI=1S/C20H22ClI3N2O7/c1-8(2)20-32-6-10(7-33-20)18(29)26-16-14(23)11(17(21)28)13(22)12(15(16)24)19(30)25-4-5-31-9(3)27/h8,10,20H,4-7H2,1-3H3,(H,25,30)(H,26,29). The zero-order valence-electron chi connectivity index (χ0n) is 17.9. The number of hydrogen-bond acceptors (Lipinski definition) is 7. The van der Waals surface area contributed by atoms with E-state index in [9.17, 15) is 19.2 Å². The fourth-order valence-corrected chi connectivity index (χ4v) is 7.80. The summed E-state index contributed by atoms with van der Waals surface area (Å²) in [6, 6.07) is 0. The lowest BCUT2D eigenvalue weighted by molar-refractivity contribution is -0.217. The van der Waals surface area contributed by atoms with Gasteiger partial charge < -0.3 is 24.8 Å². The van der Waals surface area contributed by atoms with Crippen LogP contribution in [0.25, 0.3) is 0 Å². The molecule has 2 rings (SSSR count). The Morgan fingerprint density at radius 1 is 1.06 bits per heavy atom. The van der Waals surface area contributed by atoms with Crippen LogP contribution >= 0.6 is 79.4 Å². The second-order valence-corrected chi connectivity index (χ2v) is 11.0. The van der Waals surface area contributed by atoms with Gasteiger partial charge in [-0.05, 0) is 79.4 Å². The van der Waals surface area contributed by atoms with Gasteiger partial charge in [0.25, 0.3) is 11.1 Å². The van der Waals surface area contributed by atoms with Crippen molar-refractivity contribution in [3.05, 3.63) is 21.8 Å². The van der Waals surface area contributed by atoms with Crippen LogP contribution in [0.5, 0.6) is 0 Å². The Labute approximate surface area is 237 Å². The molecule has 0 aromatic heterocycles. The third kappa shape index (κ3) is 7.59. The first-order valence-corrected chi connectivity index (χ1v) is 13.4. The lowest BCUT2D eigenvalue weighted by Crippen LogP contribution is -2.41. The lowest BCUT2D eigenvalue weighted by atomic mass is 10.1. The molecule has 1 aliphatic heterocycles. The maximum atomic E-state index is 12.9. The van der Waals surface area contributed by atoms with Crippen LogP contribution in [0.15, 0.2) is 0 Å². The summed E-state index contributed by atoms with van der Waals surface area (Å²) in [4.78, 5) is 48.9. The second kappa shape index (κ2) is 13.1. The van der Waals surface area contributed by atoms with Crippen LogP contribution in [-0.2, 0) is 23.8 Å². The number of anilines is 1. The number of ether oxygens (including phenoxy) is 3. The Hall–Kier alpha value is -0.300. The van der Waals surface area contributed by atoms with E-state index in [2.05, 4.69) is 10.6 Å². The predicted molar refractivity (Wildman–Crippen MR) is 146 cm³/mol. The van der Waals surface area contributed by atoms with E-state index in [0.717, 1.165) is 0 Å². The molecule has 2 amide bonds. The van der Waals surface area contributed by atoms with E-state index in [1.54, 1.807) is 0 Å². The molecule has 0 spiro atoms. The van der Waals surface area contributed by atoms with Gasteiger partial charge in [-0.2, -0.15) is 0 Å². The Kier molecular flexibility index (Phi) is 11.5. The molecular weight excluding hydrogens is 796 g/mol. The van der Waals surface area contributed by atoms with Crippen molar-refractivity contribution in [1.82, 2.24) is 5.32 Å². The number of benzene rings is 1. The Bertz CT molecular complexity index is 950. The lowest BCUT2D eigenvalue weighted by Gasteiger charge is -2.31. The fraction of sp³-hybridized carbons (Fsp3) is 0.500.